The van der Waals surface area contributed by atoms with Gasteiger partial charge in [0.25, 0.3) is 5.91 Å². The third kappa shape index (κ3) is 4.51. The Morgan fingerprint density at radius 3 is 2.66 bits per heavy atom. The largest absolute Gasteiger partial charge is 0.327 e. The van der Waals surface area contributed by atoms with Crippen LogP contribution in [-0.2, 0) is 11.2 Å². The van der Waals surface area contributed by atoms with Gasteiger partial charge in [-0.05, 0) is 42.7 Å². The molecule has 0 unspecified atom stereocenters. The highest BCUT2D eigenvalue weighted by atomic mass is 32.1. The monoisotopic (exact) mass is 409 g/mol. The maximum atomic E-state index is 13.0. The van der Waals surface area contributed by atoms with Crippen LogP contribution in [0.25, 0.3) is 0 Å². The summed E-state index contributed by atoms with van der Waals surface area (Å²) in [6.45, 7) is 0.569. The fraction of sp³-hybridized carbons (Fsp3) is 0.227. The summed E-state index contributed by atoms with van der Waals surface area (Å²) in [5.74, 6) is -0.606. The van der Waals surface area contributed by atoms with E-state index in [1.807, 2.05) is 18.2 Å². The Morgan fingerprint density at radius 2 is 1.90 bits per heavy atom. The molecule has 1 N–H and O–H groups in total. The van der Waals surface area contributed by atoms with Crippen LogP contribution >= 0.6 is 11.3 Å². The number of anilines is 1. The van der Waals surface area contributed by atoms with Gasteiger partial charge in [-0.15, -0.1) is 11.3 Å². The summed E-state index contributed by atoms with van der Waals surface area (Å²) in [6.07, 6.45) is 3.77. The number of likely N-dealkylation sites (tertiary alicyclic amines) is 1. The molecule has 7 heteroatoms. The summed E-state index contributed by atoms with van der Waals surface area (Å²) in [5, 5.41) is 3.36. The van der Waals surface area contributed by atoms with Gasteiger partial charge in [-0.1, -0.05) is 30.3 Å². The molecule has 2 aromatic carbocycles. The fourth-order valence-corrected chi connectivity index (χ4v) is 4.32. The summed E-state index contributed by atoms with van der Waals surface area (Å²) in [7, 11) is 0. The highest BCUT2D eigenvalue weighted by Gasteiger charge is 2.34. The number of nitrogens with one attached hydrogen (secondary N) is 1. The summed E-state index contributed by atoms with van der Waals surface area (Å²) in [6, 6.07) is 14.8. The second kappa shape index (κ2) is 8.53. The molecule has 5 nitrogen and oxygen atoms in total. The molecule has 1 aromatic heterocycles. The predicted molar refractivity (Wildman–Crippen MR) is 110 cm³/mol. The Hall–Kier alpha value is -3.06. The van der Waals surface area contributed by atoms with Gasteiger partial charge in [0.15, 0.2) is 5.13 Å². The number of aromatic nitrogens is 1. The van der Waals surface area contributed by atoms with Gasteiger partial charge >= 0.3 is 0 Å². The van der Waals surface area contributed by atoms with E-state index in [2.05, 4.69) is 10.3 Å². The summed E-state index contributed by atoms with van der Waals surface area (Å²) < 4.78 is 13.0. The van der Waals surface area contributed by atoms with Crippen LogP contribution in [0.4, 0.5) is 9.52 Å². The van der Waals surface area contributed by atoms with Crippen LogP contribution in [-0.4, -0.2) is 34.3 Å². The minimum absolute atomic E-state index is 0.126. The standard InChI is InChI=1S/C22H20FN3O2S/c23-17-10-8-15(9-11-17)13-18-14-24-22(29-18)25-20(27)19-7-4-12-26(19)21(28)16-5-2-1-3-6-16/h1-3,5-6,8-11,14,19H,4,7,12-13H2,(H,24,25,27)/t19-/m1/s1. The van der Waals surface area contributed by atoms with Gasteiger partial charge in [-0.25, -0.2) is 9.37 Å². The van der Waals surface area contributed by atoms with Crippen molar-refractivity contribution in [1.29, 1.82) is 0 Å². The Morgan fingerprint density at radius 1 is 1.14 bits per heavy atom. The van der Waals surface area contributed by atoms with E-state index in [1.165, 1.54) is 23.5 Å². The molecule has 2 amide bonds. The van der Waals surface area contributed by atoms with Gasteiger partial charge in [-0.2, -0.15) is 0 Å². The fourth-order valence-electron chi connectivity index (χ4n) is 3.47. The molecule has 1 aliphatic heterocycles. The average molecular weight is 409 g/mol. The zero-order valence-electron chi connectivity index (χ0n) is 15.7. The zero-order chi connectivity index (χ0) is 20.2. The van der Waals surface area contributed by atoms with Gasteiger partial charge in [0.2, 0.25) is 5.91 Å². The van der Waals surface area contributed by atoms with Crippen molar-refractivity contribution in [3.8, 4) is 0 Å². The van der Waals surface area contributed by atoms with Crippen molar-refractivity contribution >= 4 is 28.3 Å². The first-order chi connectivity index (χ1) is 14.1. The second-order valence-corrected chi connectivity index (χ2v) is 8.06. The highest BCUT2D eigenvalue weighted by Crippen LogP contribution is 2.25. The molecule has 1 saturated heterocycles. The van der Waals surface area contributed by atoms with Crippen molar-refractivity contribution in [3.05, 3.63) is 82.6 Å². The van der Waals surface area contributed by atoms with Gasteiger partial charge in [0, 0.05) is 29.6 Å². The molecule has 0 spiro atoms. The Labute approximate surface area is 172 Å². The first-order valence-electron chi connectivity index (χ1n) is 9.46. The number of carbonyl (C=O) groups excluding carboxylic acids is 2. The van der Waals surface area contributed by atoms with E-state index in [4.69, 9.17) is 0 Å². The molecule has 2 heterocycles. The van der Waals surface area contributed by atoms with E-state index in [0.29, 0.717) is 30.1 Å². The number of benzene rings is 2. The van der Waals surface area contributed by atoms with Gasteiger partial charge in [-0.3, -0.25) is 9.59 Å². The second-order valence-electron chi connectivity index (χ2n) is 6.95. The highest BCUT2D eigenvalue weighted by molar-refractivity contribution is 7.15. The number of carbonyl (C=O) groups is 2. The molecular weight excluding hydrogens is 389 g/mol. The Kier molecular flexibility index (Phi) is 5.67. The number of hydrogen-bond acceptors (Lipinski definition) is 4. The van der Waals surface area contributed by atoms with E-state index in [-0.39, 0.29) is 17.6 Å². The molecule has 3 aromatic rings. The van der Waals surface area contributed by atoms with Crippen LogP contribution in [0.1, 0.15) is 33.6 Å². The number of halogens is 1. The van der Waals surface area contributed by atoms with Crippen molar-refractivity contribution in [3.63, 3.8) is 0 Å². The summed E-state index contributed by atoms with van der Waals surface area (Å²) in [4.78, 5) is 32.4. The molecule has 4 rings (SSSR count). The van der Waals surface area contributed by atoms with Gasteiger partial charge in [0.1, 0.15) is 11.9 Å². The summed E-state index contributed by atoms with van der Waals surface area (Å²) in [5.41, 5.74) is 1.56. The number of rotatable bonds is 5. The normalized spacial score (nSPS) is 16.0. The number of amides is 2. The minimum atomic E-state index is -0.493. The van der Waals surface area contributed by atoms with Crippen molar-refractivity contribution in [2.75, 3.05) is 11.9 Å². The lowest BCUT2D eigenvalue weighted by atomic mass is 10.1. The maximum Gasteiger partial charge on any atom is 0.254 e. The molecule has 148 valence electrons. The molecule has 0 radical (unpaired) electrons. The van der Waals surface area contributed by atoms with Gasteiger partial charge < -0.3 is 10.2 Å². The van der Waals surface area contributed by atoms with Crippen LogP contribution in [0.2, 0.25) is 0 Å². The third-order valence-corrected chi connectivity index (χ3v) is 5.83. The number of thiazole rings is 1. The third-order valence-electron chi connectivity index (χ3n) is 4.91. The van der Waals surface area contributed by atoms with E-state index >= 15 is 0 Å². The molecule has 1 atom stereocenters. The smallest absolute Gasteiger partial charge is 0.254 e. The van der Waals surface area contributed by atoms with E-state index in [1.54, 1.807) is 35.4 Å². The van der Waals surface area contributed by atoms with E-state index in [0.717, 1.165) is 16.9 Å². The van der Waals surface area contributed by atoms with Crippen molar-refractivity contribution in [1.82, 2.24) is 9.88 Å². The Bertz CT molecular complexity index is 1000. The van der Waals surface area contributed by atoms with Gasteiger partial charge in [0.05, 0.1) is 0 Å². The van der Waals surface area contributed by atoms with Crippen LogP contribution < -0.4 is 5.32 Å². The topological polar surface area (TPSA) is 62.3 Å². The first kappa shape index (κ1) is 19.3. The van der Waals surface area contributed by atoms with Crippen LogP contribution in [0.15, 0.2) is 60.8 Å². The molecule has 0 saturated carbocycles. The average Bonchev–Trinajstić information content (AvgIpc) is 3.39. The van der Waals surface area contributed by atoms with Crippen LogP contribution in [0, 0.1) is 5.82 Å². The molecule has 1 fully saturated rings. The van der Waals surface area contributed by atoms with Crippen molar-refractivity contribution < 1.29 is 14.0 Å². The molecule has 0 aliphatic carbocycles. The number of nitrogens with zero attached hydrogens (tertiary/aromatic N) is 2. The summed E-state index contributed by atoms with van der Waals surface area (Å²) >= 11 is 1.38. The molecule has 1 aliphatic rings. The predicted octanol–water partition coefficient (Wildman–Crippen LogP) is 4.12. The number of hydrogen-bond donors (Lipinski definition) is 1. The lowest BCUT2D eigenvalue weighted by molar-refractivity contribution is -0.119. The molecule has 0 bridgehead atoms. The van der Waals surface area contributed by atoms with Crippen molar-refractivity contribution in [2.45, 2.75) is 25.3 Å². The first-order valence-corrected chi connectivity index (χ1v) is 10.3. The maximum absolute atomic E-state index is 13.0. The zero-order valence-corrected chi connectivity index (χ0v) is 16.5. The lowest BCUT2D eigenvalue weighted by Crippen LogP contribution is -2.43. The van der Waals surface area contributed by atoms with E-state index in [9.17, 15) is 14.0 Å². The Balaban J connectivity index is 1.40. The lowest BCUT2D eigenvalue weighted by Gasteiger charge is -2.23. The SMILES string of the molecule is O=C(Nc1ncc(Cc2ccc(F)cc2)s1)[C@H]1CCCN1C(=O)c1ccccc1. The quantitative estimate of drug-likeness (QED) is 0.690. The molecular formula is C22H20FN3O2S. The minimum Gasteiger partial charge on any atom is -0.327 e. The van der Waals surface area contributed by atoms with Crippen molar-refractivity contribution in [2.24, 2.45) is 0 Å². The van der Waals surface area contributed by atoms with Crippen LogP contribution in [0.3, 0.4) is 0 Å². The van der Waals surface area contributed by atoms with E-state index < -0.39 is 6.04 Å². The molecule has 29 heavy (non-hydrogen) atoms. The van der Waals surface area contributed by atoms with Crippen LogP contribution in [0.5, 0.6) is 0 Å².